The minimum atomic E-state index is -3.14. The Morgan fingerprint density at radius 3 is 2.61 bits per heavy atom. The Bertz CT molecular complexity index is 1100. The van der Waals surface area contributed by atoms with E-state index in [1.807, 2.05) is 6.07 Å². The van der Waals surface area contributed by atoms with Gasteiger partial charge in [0, 0.05) is 12.7 Å². The lowest BCUT2D eigenvalue weighted by molar-refractivity contribution is -0.134. The van der Waals surface area contributed by atoms with Crippen LogP contribution in [-0.4, -0.2) is 46.2 Å². The van der Waals surface area contributed by atoms with Crippen LogP contribution in [0.5, 0.6) is 0 Å². The standard InChI is InChI=1S/C23H22F3N5O2/c24-17-5-1-15(2-6-17)9-29-19-10-28-8-7-18(19)21(33)30-11-20(32)31-14-23(25,26)12-22(31,13-27)16-3-4-16/h1-2,5-8,10,16,29H,3-4,9,11-12,14H2,(H,30,33)/t22-/m0/s1. The second-order valence-electron chi connectivity index (χ2n) is 8.41. The molecule has 2 heterocycles. The summed E-state index contributed by atoms with van der Waals surface area (Å²) in [6.45, 7) is -1.03. The maximum absolute atomic E-state index is 14.1. The van der Waals surface area contributed by atoms with Crippen molar-refractivity contribution < 1.29 is 22.8 Å². The number of nitrogens with zero attached hydrogens (tertiary/aromatic N) is 3. The predicted octanol–water partition coefficient (Wildman–Crippen LogP) is 3.10. The predicted molar refractivity (Wildman–Crippen MR) is 113 cm³/mol. The third-order valence-corrected chi connectivity index (χ3v) is 6.01. The number of nitrogens with one attached hydrogen (secondary N) is 2. The molecule has 172 valence electrons. The Morgan fingerprint density at radius 2 is 1.94 bits per heavy atom. The fraction of sp³-hybridized carbons (Fsp3) is 0.391. The minimum absolute atomic E-state index is 0.209. The van der Waals surface area contributed by atoms with E-state index in [9.17, 15) is 28.0 Å². The van der Waals surface area contributed by atoms with Crippen LogP contribution in [0.1, 0.15) is 35.2 Å². The summed E-state index contributed by atoms with van der Waals surface area (Å²) in [6, 6.07) is 9.27. The molecule has 2 N–H and O–H groups in total. The monoisotopic (exact) mass is 457 g/mol. The van der Waals surface area contributed by atoms with E-state index in [0.717, 1.165) is 10.5 Å². The molecular weight excluding hydrogens is 435 g/mol. The SMILES string of the molecule is N#C[C@]1(C2CC2)CC(F)(F)CN1C(=O)CNC(=O)c1ccncc1NCc1ccc(F)cc1. The number of amides is 2. The summed E-state index contributed by atoms with van der Waals surface area (Å²) in [7, 11) is 0. The number of nitriles is 1. The van der Waals surface area contributed by atoms with Crippen molar-refractivity contribution in [2.24, 2.45) is 5.92 Å². The van der Waals surface area contributed by atoms with Gasteiger partial charge in [-0.2, -0.15) is 5.26 Å². The molecule has 1 atom stereocenters. The number of halogens is 3. The van der Waals surface area contributed by atoms with Crippen LogP contribution >= 0.6 is 0 Å². The van der Waals surface area contributed by atoms with Crippen molar-refractivity contribution >= 4 is 17.5 Å². The van der Waals surface area contributed by atoms with Gasteiger partial charge in [0.1, 0.15) is 11.4 Å². The van der Waals surface area contributed by atoms with Crippen LogP contribution in [0.3, 0.4) is 0 Å². The third kappa shape index (κ3) is 4.77. The number of alkyl halides is 2. The van der Waals surface area contributed by atoms with Gasteiger partial charge in [-0.25, -0.2) is 13.2 Å². The Kier molecular flexibility index (Phi) is 5.97. The molecule has 1 aromatic carbocycles. The fourth-order valence-corrected chi connectivity index (χ4v) is 4.22. The Labute approximate surface area is 188 Å². The molecule has 1 aliphatic carbocycles. The van der Waals surface area contributed by atoms with Crippen LogP contribution in [0.25, 0.3) is 0 Å². The molecule has 0 spiro atoms. The molecule has 2 amide bonds. The molecule has 2 aromatic rings. The smallest absolute Gasteiger partial charge is 0.268 e. The molecule has 7 nitrogen and oxygen atoms in total. The van der Waals surface area contributed by atoms with Crippen molar-refractivity contribution in [3.05, 3.63) is 59.7 Å². The first-order valence-electron chi connectivity index (χ1n) is 10.5. The summed E-state index contributed by atoms with van der Waals surface area (Å²) >= 11 is 0. The molecular formula is C23H22F3N5O2. The third-order valence-electron chi connectivity index (χ3n) is 6.01. The van der Waals surface area contributed by atoms with Crippen molar-refractivity contribution in [2.75, 3.05) is 18.4 Å². The zero-order valence-electron chi connectivity index (χ0n) is 17.7. The number of likely N-dealkylation sites (tertiary alicyclic amines) is 1. The summed E-state index contributed by atoms with van der Waals surface area (Å²) in [4.78, 5) is 30.4. The number of anilines is 1. The quantitative estimate of drug-likeness (QED) is 0.666. The van der Waals surface area contributed by atoms with E-state index >= 15 is 0 Å². The summed E-state index contributed by atoms with van der Waals surface area (Å²) in [5.74, 6) is -5.07. The zero-order chi connectivity index (χ0) is 23.6. The lowest BCUT2D eigenvalue weighted by atomic mass is 9.91. The van der Waals surface area contributed by atoms with Crippen molar-refractivity contribution in [2.45, 2.75) is 37.3 Å². The fourth-order valence-electron chi connectivity index (χ4n) is 4.22. The molecule has 2 aliphatic rings. The molecule has 0 radical (unpaired) electrons. The maximum Gasteiger partial charge on any atom is 0.268 e. The van der Waals surface area contributed by atoms with Gasteiger partial charge < -0.3 is 15.5 Å². The van der Waals surface area contributed by atoms with Gasteiger partial charge in [0.25, 0.3) is 11.8 Å². The molecule has 10 heteroatoms. The zero-order valence-corrected chi connectivity index (χ0v) is 17.7. The molecule has 0 bridgehead atoms. The number of benzene rings is 1. The molecule has 33 heavy (non-hydrogen) atoms. The summed E-state index contributed by atoms with van der Waals surface area (Å²) in [6.07, 6.45) is 3.42. The van der Waals surface area contributed by atoms with Gasteiger partial charge in [0.2, 0.25) is 5.91 Å². The van der Waals surface area contributed by atoms with E-state index in [2.05, 4.69) is 15.6 Å². The highest BCUT2D eigenvalue weighted by atomic mass is 19.3. The van der Waals surface area contributed by atoms with Gasteiger partial charge in [-0.1, -0.05) is 12.1 Å². The van der Waals surface area contributed by atoms with E-state index in [1.165, 1.54) is 30.6 Å². The average molecular weight is 457 g/mol. The summed E-state index contributed by atoms with van der Waals surface area (Å²) in [5.41, 5.74) is -0.141. The van der Waals surface area contributed by atoms with Gasteiger partial charge in [0.15, 0.2) is 0 Å². The number of hydrogen-bond acceptors (Lipinski definition) is 5. The molecule has 1 aromatic heterocycles. The topological polar surface area (TPSA) is 98.1 Å². The van der Waals surface area contributed by atoms with Crippen molar-refractivity contribution in [3.63, 3.8) is 0 Å². The highest BCUT2D eigenvalue weighted by molar-refractivity contribution is 6.01. The van der Waals surface area contributed by atoms with Gasteiger partial charge >= 0.3 is 0 Å². The number of carbonyl (C=O) groups is 2. The lowest BCUT2D eigenvalue weighted by Gasteiger charge is -2.31. The minimum Gasteiger partial charge on any atom is -0.379 e. The molecule has 1 saturated carbocycles. The van der Waals surface area contributed by atoms with E-state index in [4.69, 9.17) is 0 Å². The van der Waals surface area contributed by atoms with Crippen LogP contribution in [0.2, 0.25) is 0 Å². The molecule has 2 fully saturated rings. The highest BCUT2D eigenvalue weighted by Crippen LogP contribution is 2.52. The van der Waals surface area contributed by atoms with Crippen molar-refractivity contribution in [1.29, 1.82) is 5.26 Å². The second-order valence-corrected chi connectivity index (χ2v) is 8.41. The first kappa shape index (κ1) is 22.6. The van der Waals surface area contributed by atoms with Crippen LogP contribution in [0.15, 0.2) is 42.7 Å². The highest BCUT2D eigenvalue weighted by Gasteiger charge is 2.62. The Morgan fingerprint density at radius 1 is 1.21 bits per heavy atom. The maximum atomic E-state index is 14.1. The van der Waals surface area contributed by atoms with Crippen LogP contribution in [0, 0.1) is 23.1 Å². The normalized spacial score (nSPS) is 21.3. The molecule has 0 unspecified atom stereocenters. The number of aromatic nitrogens is 1. The second kappa shape index (κ2) is 8.73. The Hall–Kier alpha value is -3.61. The largest absolute Gasteiger partial charge is 0.379 e. The van der Waals surface area contributed by atoms with E-state index in [1.54, 1.807) is 12.1 Å². The molecule has 4 rings (SSSR count). The number of carbonyl (C=O) groups excluding carboxylic acids is 2. The van der Waals surface area contributed by atoms with Crippen LogP contribution in [-0.2, 0) is 11.3 Å². The van der Waals surface area contributed by atoms with Gasteiger partial charge in [-0.3, -0.25) is 14.6 Å². The summed E-state index contributed by atoms with van der Waals surface area (Å²) < 4.78 is 41.3. The number of hydrogen-bond donors (Lipinski definition) is 2. The van der Waals surface area contributed by atoms with Crippen molar-refractivity contribution in [3.8, 4) is 6.07 Å². The molecule has 1 saturated heterocycles. The van der Waals surface area contributed by atoms with Gasteiger partial charge in [-0.15, -0.1) is 0 Å². The first-order chi connectivity index (χ1) is 15.7. The van der Waals surface area contributed by atoms with Crippen LogP contribution in [0.4, 0.5) is 18.9 Å². The van der Waals surface area contributed by atoms with Crippen molar-refractivity contribution in [1.82, 2.24) is 15.2 Å². The summed E-state index contributed by atoms with van der Waals surface area (Å²) in [5, 5.41) is 15.2. The van der Waals surface area contributed by atoms with Crippen LogP contribution < -0.4 is 10.6 Å². The first-order valence-corrected chi connectivity index (χ1v) is 10.5. The molecule has 1 aliphatic heterocycles. The van der Waals surface area contributed by atoms with Gasteiger partial charge in [-0.05, 0) is 42.5 Å². The number of rotatable bonds is 7. The number of pyridine rings is 1. The Balaban J connectivity index is 1.41. The van der Waals surface area contributed by atoms with Gasteiger partial charge in [0.05, 0.1) is 43.0 Å². The lowest BCUT2D eigenvalue weighted by Crippen LogP contribution is -2.51. The average Bonchev–Trinajstić information content (AvgIpc) is 3.61. The van der Waals surface area contributed by atoms with E-state index in [0.29, 0.717) is 25.1 Å². The van der Waals surface area contributed by atoms with E-state index in [-0.39, 0.29) is 17.3 Å². The van der Waals surface area contributed by atoms with E-state index < -0.39 is 42.8 Å².